The molecule has 8 nitrogen and oxygen atoms in total. The van der Waals surface area contributed by atoms with Crippen molar-refractivity contribution in [1.82, 2.24) is 15.1 Å². The van der Waals surface area contributed by atoms with Crippen molar-refractivity contribution in [2.75, 3.05) is 37.8 Å². The smallest absolute Gasteiger partial charge is 0.319 e. The van der Waals surface area contributed by atoms with Gasteiger partial charge in [-0.1, -0.05) is 60.1 Å². The van der Waals surface area contributed by atoms with Gasteiger partial charge < -0.3 is 20.4 Å². The molecule has 1 atom stereocenters. The number of hydrogen-bond donors (Lipinski definition) is 2. The van der Waals surface area contributed by atoms with Gasteiger partial charge in [0.15, 0.2) is 9.84 Å². The SMILES string of the molecule is CS(=O)(=O)c1ccc(CN2CCC3(CCN(CCC(NC(=O)Nc4cccc(Cl)c4)c4ccccc4)CC3)C2=O)cc1. The van der Waals surface area contributed by atoms with E-state index in [4.69, 9.17) is 11.6 Å². The van der Waals surface area contributed by atoms with E-state index in [9.17, 15) is 18.0 Å². The summed E-state index contributed by atoms with van der Waals surface area (Å²) in [5.74, 6) is 0.204. The summed E-state index contributed by atoms with van der Waals surface area (Å²) < 4.78 is 23.5. The lowest BCUT2D eigenvalue weighted by Gasteiger charge is -2.38. The average Bonchev–Trinajstić information content (AvgIpc) is 3.26. The molecule has 42 heavy (non-hydrogen) atoms. The van der Waals surface area contributed by atoms with Crippen LogP contribution in [0.4, 0.5) is 10.5 Å². The second-order valence-electron chi connectivity index (χ2n) is 11.4. The molecule has 0 bridgehead atoms. The number of carbonyl (C=O) groups is 2. The second-order valence-corrected chi connectivity index (χ2v) is 13.8. The number of sulfone groups is 1. The number of anilines is 1. The lowest BCUT2D eigenvalue weighted by atomic mass is 9.77. The zero-order valence-corrected chi connectivity index (χ0v) is 25.3. The molecule has 2 aliphatic rings. The first-order valence-corrected chi connectivity index (χ1v) is 16.6. The summed E-state index contributed by atoms with van der Waals surface area (Å²) in [5.41, 5.74) is 2.29. The molecule has 2 fully saturated rings. The van der Waals surface area contributed by atoms with E-state index in [2.05, 4.69) is 15.5 Å². The van der Waals surface area contributed by atoms with Crippen LogP contribution in [0.3, 0.4) is 0 Å². The first-order chi connectivity index (χ1) is 20.1. The van der Waals surface area contributed by atoms with Gasteiger partial charge in [0.1, 0.15) is 0 Å². The van der Waals surface area contributed by atoms with Crippen molar-refractivity contribution in [2.24, 2.45) is 5.41 Å². The van der Waals surface area contributed by atoms with Gasteiger partial charge in [-0.05, 0) is 80.2 Å². The summed E-state index contributed by atoms with van der Waals surface area (Å²) in [6, 6.07) is 23.4. The first kappa shape index (κ1) is 30.1. The fourth-order valence-corrected chi connectivity index (χ4v) is 6.81. The number of halogens is 1. The number of nitrogens with one attached hydrogen (secondary N) is 2. The molecule has 1 unspecified atom stereocenters. The van der Waals surface area contributed by atoms with E-state index < -0.39 is 9.84 Å². The van der Waals surface area contributed by atoms with Gasteiger partial charge in [0.05, 0.1) is 16.4 Å². The monoisotopic (exact) mass is 608 g/mol. The van der Waals surface area contributed by atoms with Gasteiger partial charge in [-0.3, -0.25) is 4.79 Å². The van der Waals surface area contributed by atoms with E-state index in [1.54, 1.807) is 48.5 Å². The number of hydrogen-bond acceptors (Lipinski definition) is 5. The highest BCUT2D eigenvalue weighted by Gasteiger charge is 2.47. The largest absolute Gasteiger partial charge is 0.338 e. The third kappa shape index (κ3) is 7.32. The van der Waals surface area contributed by atoms with Crippen molar-refractivity contribution in [2.45, 2.75) is 43.2 Å². The molecular formula is C32H37ClN4O4S. The Labute approximate surface area is 253 Å². The van der Waals surface area contributed by atoms with Crippen LogP contribution in [0.5, 0.6) is 0 Å². The highest BCUT2D eigenvalue weighted by atomic mass is 35.5. The number of rotatable bonds is 9. The highest BCUT2D eigenvalue weighted by molar-refractivity contribution is 7.90. The Morgan fingerprint density at radius 1 is 0.952 bits per heavy atom. The van der Waals surface area contributed by atoms with E-state index in [0.29, 0.717) is 23.8 Å². The van der Waals surface area contributed by atoms with Crippen molar-refractivity contribution in [1.29, 1.82) is 0 Å². The normalized spacial score (nSPS) is 17.8. The van der Waals surface area contributed by atoms with Gasteiger partial charge in [0, 0.05) is 36.6 Å². The Morgan fingerprint density at radius 2 is 1.64 bits per heavy atom. The van der Waals surface area contributed by atoms with Crippen LogP contribution in [0.1, 0.15) is 42.9 Å². The molecule has 0 saturated carbocycles. The fourth-order valence-electron chi connectivity index (χ4n) is 5.99. The summed E-state index contributed by atoms with van der Waals surface area (Å²) in [7, 11) is -3.25. The van der Waals surface area contributed by atoms with Crippen molar-refractivity contribution < 1.29 is 18.0 Å². The Bertz CT molecular complexity index is 1510. The minimum Gasteiger partial charge on any atom is -0.338 e. The molecule has 1 spiro atoms. The van der Waals surface area contributed by atoms with Crippen LogP contribution in [0, 0.1) is 5.41 Å². The fraction of sp³-hybridized carbons (Fsp3) is 0.375. The van der Waals surface area contributed by atoms with Crippen LogP contribution >= 0.6 is 11.6 Å². The lowest BCUT2D eigenvalue weighted by molar-refractivity contribution is -0.138. The van der Waals surface area contributed by atoms with Gasteiger partial charge >= 0.3 is 6.03 Å². The van der Waals surface area contributed by atoms with Gasteiger partial charge in [0.25, 0.3) is 0 Å². The van der Waals surface area contributed by atoms with Gasteiger partial charge in [-0.2, -0.15) is 0 Å². The minimum atomic E-state index is -3.25. The highest BCUT2D eigenvalue weighted by Crippen LogP contribution is 2.42. The van der Waals surface area contributed by atoms with Crippen molar-refractivity contribution in [3.8, 4) is 0 Å². The third-order valence-electron chi connectivity index (χ3n) is 8.46. The quantitative estimate of drug-likeness (QED) is 0.334. The van der Waals surface area contributed by atoms with Crippen molar-refractivity contribution >= 4 is 39.1 Å². The van der Waals surface area contributed by atoms with E-state index in [-0.39, 0.29) is 28.3 Å². The first-order valence-electron chi connectivity index (χ1n) is 14.3. The number of piperidine rings is 1. The Morgan fingerprint density at radius 3 is 2.31 bits per heavy atom. The molecule has 3 aromatic carbocycles. The molecule has 3 amide bonds. The number of likely N-dealkylation sites (tertiary alicyclic amines) is 2. The third-order valence-corrected chi connectivity index (χ3v) is 9.83. The van der Waals surface area contributed by atoms with E-state index in [1.165, 1.54) is 6.26 Å². The maximum Gasteiger partial charge on any atom is 0.319 e. The zero-order chi connectivity index (χ0) is 29.7. The van der Waals surface area contributed by atoms with Crippen molar-refractivity contribution in [3.05, 3.63) is 95.0 Å². The summed E-state index contributed by atoms with van der Waals surface area (Å²) in [4.78, 5) is 30.9. The molecule has 2 aliphatic heterocycles. The zero-order valence-electron chi connectivity index (χ0n) is 23.8. The Balaban J connectivity index is 1.14. The number of benzene rings is 3. The van der Waals surface area contributed by atoms with Crippen LogP contribution in [-0.2, 0) is 21.2 Å². The molecule has 0 radical (unpaired) electrons. The lowest BCUT2D eigenvalue weighted by Crippen LogP contribution is -2.45. The Hall–Kier alpha value is -3.40. The molecule has 222 valence electrons. The van der Waals surface area contributed by atoms with Gasteiger partial charge in [0.2, 0.25) is 5.91 Å². The molecule has 2 heterocycles. The van der Waals surface area contributed by atoms with Gasteiger partial charge in [-0.25, -0.2) is 13.2 Å². The van der Waals surface area contributed by atoms with E-state index >= 15 is 0 Å². The number of carbonyl (C=O) groups excluding carboxylic acids is 2. The molecular weight excluding hydrogens is 572 g/mol. The molecule has 0 aliphatic carbocycles. The van der Waals surface area contributed by atoms with E-state index in [1.807, 2.05) is 35.2 Å². The van der Waals surface area contributed by atoms with Crippen LogP contribution in [0.25, 0.3) is 0 Å². The summed E-state index contributed by atoms with van der Waals surface area (Å²) in [6.45, 7) is 3.68. The molecule has 2 N–H and O–H groups in total. The standard InChI is InChI=1S/C32H37ClN4O4S/c1-42(40,41)28-12-10-24(11-13-28)23-37-21-17-32(30(37)38)15-19-36(20-16-32)18-14-29(25-6-3-2-4-7-25)35-31(39)34-27-9-5-8-26(33)22-27/h2-13,22,29H,14-21,23H2,1H3,(H2,34,35,39). The number of amides is 3. The van der Waals surface area contributed by atoms with Crippen LogP contribution < -0.4 is 10.6 Å². The minimum absolute atomic E-state index is 0.168. The molecule has 2 saturated heterocycles. The maximum absolute atomic E-state index is 13.5. The molecule has 0 aromatic heterocycles. The second kappa shape index (κ2) is 12.9. The predicted octanol–water partition coefficient (Wildman–Crippen LogP) is 5.51. The predicted molar refractivity (Wildman–Crippen MR) is 165 cm³/mol. The molecule has 5 rings (SSSR count). The molecule has 10 heteroatoms. The van der Waals surface area contributed by atoms with Crippen LogP contribution in [-0.4, -0.2) is 62.6 Å². The van der Waals surface area contributed by atoms with Gasteiger partial charge in [-0.15, -0.1) is 0 Å². The topological polar surface area (TPSA) is 98.8 Å². The van der Waals surface area contributed by atoms with Crippen LogP contribution in [0.2, 0.25) is 5.02 Å². The summed E-state index contributed by atoms with van der Waals surface area (Å²) >= 11 is 6.06. The summed E-state index contributed by atoms with van der Waals surface area (Å²) in [5, 5.41) is 6.55. The van der Waals surface area contributed by atoms with Crippen LogP contribution in [0.15, 0.2) is 83.8 Å². The Kier molecular flexibility index (Phi) is 9.20. The number of nitrogens with zero attached hydrogens (tertiary/aromatic N) is 2. The van der Waals surface area contributed by atoms with E-state index in [0.717, 1.165) is 56.4 Å². The molecule has 3 aromatic rings. The number of urea groups is 1. The average molecular weight is 609 g/mol. The van der Waals surface area contributed by atoms with Crippen molar-refractivity contribution in [3.63, 3.8) is 0 Å². The maximum atomic E-state index is 13.5. The summed E-state index contributed by atoms with van der Waals surface area (Å²) in [6.07, 6.45) is 4.41.